The smallest absolute Gasteiger partial charge is 0.315 e. The zero-order chi connectivity index (χ0) is 14.2. The SMILES string of the molecule is CC1CCCN(CCNC(=O)NCc2cccnc2)C1. The Hall–Kier alpha value is -1.62. The fourth-order valence-corrected chi connectivity index (χ4v) is 2.56. The van der Waals surface area contributed by atoms with Crippen molar-refractivity contribution < 1.29 is 4.79 Å². The second-order valence-electron chi connectivity index (χ2n) is 5.52. The van der Waals surface area contributed by atoms with E-state index >= 15 is 0 Å². The van der Waals surface area contributed by atoms with E-state index in [1.54, 1.807) is 12.4 Å². The lowest BCUT2D eigenvalue weighted by Gasteiger charge is -2.30. The third-order valence-electron chi connectivity index (χ3n) is 3.63. The molecule has 1 aromatic heterocycles. The van der Waals surface area contributed by atoms with Crippen LogP contribution in [0.3, 0.4) is 0 Å². The maximum absolute atomic E-state index is 11.7. The van der Waals surface area contributed by atoms with E-state index in [1.165, 1.54) is 12.8 Å². The summed E-state index contributed by atoms with van der Waals surface area (Å²) in [5.74, 6) is 0.781. The number of aromatic nitrogens is 1. The second kappa shape index (κ2) is 7.85. The highest BCUT2D eigenvalue weighted by Gasteiger charge is 2.15. The first-order valence-electron chi connectivity index (χ1n) is 7.37. The van der Waals surface area contributed by atoms with Crippen LogP contribution in [0.2, 0.25) is 0 Å². The number of hydrogen-bond acceptors (Lipinski definition) is 3. The third kappa shape index (κ3) is 5.17. The first kappa shape index (κ1) is 14.8. The number of hydrogen-bond donors (Lipinski definition) is 2. The number of rotatable bonds is 5. The fraction of sp³-hybridized carbons (Fsp3) is 0.600. The Labute approximate surface area is 120 Å². The zero-order valence-corrected chi connectivity index (χ0v) is 12.1. The molecule has 0 saturated carbocycles. The molecule has 5 nitrogen and oxygen atoms in total. The highest BCUT2D eigenvalue weighted by molar-refractivity contribution is 5.73. The fourth-order valence-electron chi connectivity index (χ4n) is 2.56. The molecule has 2 rings (SSSR count). The molecule has 5 heteroatoms. The maximum atomic E-state index is 11.7. The molecule has 0 radical (unpaired) electrons. The van der Waals surface area contributed by atoms with E-state index in [2.05, 4.69) is 27.4 Å². The lowest BCUT2D eigenvalue weighted by Crippen LogP contribution is -2.42. The molecule has 2 amide bonds. The Balaban J connectivity index is 1.58. The minimum atomic E-state index is -0.112. The largest absolute Gasteiger partial charge is 0.337 e. The van der Waals surface area contributed by atoms with Gasteiger partial charge in [0.1, 0.15) is 0 Å². The van der Waals surface area contributed by atoms with E-state index in [4.69, 9.17) is 0 Å². The van der Waals surface area contributed by atoms with Gasteiger partial charge in [-0.1, -0.05) is 13.0 Å². The summed E-state index contributed by atoms with van der Waals surface area (Å²) in [7, 11) is 0. The normalized spacial score (nSPS) is 19.6. The molecular weight excluding hydrogens is 252 g/mol. The number of amides is 2. The topological polar surface area (TPSA) is 57.3 Å². The predicted molar refractivity (Wildman–Crippen MR) is 79.3 cm³/mol. The Morgan fingerprint density at radius 1 is 1.50 bits per heavy atom. The monoisotopic (exact) mass is 276 g/mol. The van der Waals surface area contributed by atoms with Crippen molar-refractivity contribution in [2.45, 2.75) is 26.3 Å². The molecule has 0 spiro atoms. The van der Waals surface area contributed by atoms with Gasteiger partial charge < -0.3 is 15.5 Å². The van der Waals surface area contributed by atoms with Crippen LogP contribution in [-0.2, 0) is 6.54 Å². The van der Waals surface area contributed by atoms with Crippen LogP contribution in [0, 0.1) is 5.92 Å². The summed E-state index contributed by atoms with van der Waals surface area (Å²) < 4.78 is 0. The molecule has 1 unspecified atom stereocenters. The predicted octanol–water partition coefficient (Wildman–Crippen LogP) is 1.61. The van der Waals surface area contributed by atoms with E-state index in [-0.39, 0.29) is 6.03 Å². The van der Waals surface area contributed by atoms with E-state index in [0.29, 0.717) is 13.1 Å². The van der Waals surface area contributed by atoms with Crippen molar-refractivity contribution in [1.29, 1.82) is 0 Å². The highest BCUT2D eigenvalue weighted by Crippen LogP contribution is 2.14. The number of carbonyl (C=O) groups is 1. The second-order valence-corrected chi connectivity index (χ2v) is 5.52. The molecule has 20 heavy (non-hydrogen) atoms. The summed E-state index contributed by atoms with van der Waals surface area (Å²) in [4.78, 5) is 18.1. The summed E-state index contributed by atoms with van der Waals surface area (Å²) in [5.41, 5.74) is 1.01. The average Bonchev–Trinajstić information content (AvgIpc) is 2.46. The van der Waals surface area contributed by atoms with Gasteiger partial charge in [-0.2, -0.15) is 0 Å². The van der Waals surface area contributed by atoms with Gasteiger partial charge in [0.25, 0.3) is 0 Å². The number of pyridine rings is 1. The van der Waals surface area contributed by atoms with Crippen LogP contribution < -0.4 is 10.6 Å². The van der Waals surface area contributed by atoms with Crippen LogP contribution in [-0.4, -0.2) is 42.1 Å². The highest BCUT2D eigenvalue weighted by atomic mass is 16.2. The molecule has 2 heterocycles. The van der Waals surface area contributed by atoms with Gasteiger partial charge in [-0.25, -0.2) is 4.79 Å². The van der Waals surface area contributed by atoms with Gasteiger partial charge in [-0.15, -0.1) is 0 Å². The molecular formula is C15H24N4O. The van der Waals surface area contributed by atoms with Gasteiger partial charge in [-0.3, -0.25) is 4.98 Å². The quantitative estimate of drug-likeness (QED) is 0.859. The van der Waals surface area contributed by atoms with Crippen LogP contribution in [0.1, 0.15) is 25.3 Å². The van der Waals surface area contributed by atoms with E-state index in [0.717, 1.165) is 31.1 Å². The van der Waals surface area contributed by atoms with Crippen molar-refractivity contribution in [3.8, 4) is 0 Å². The van der Waals surface area contributed by atoms with Crippen molar-refractivity contribution in [3.63, 3.8) is 0 Å². The van der Waals surface area contributed by atoms with Crippen molar-refractivity contribution in [3.05, 3.63) is 30.1 Å². The van der Waals surface area contributed by atoms with E-state index in [1.807, 2.05) is 12.1 Å². The van der Waals surface area contributed by atoms with Gasteiger partial charge in [0.15, 0.2) is 0 Å². The molecule has 110 valence electrons. The van der Waals surface area contributed by atoms with Gasteiger partial charge in [0, 0.05) is 38.6 Å². The average molecular weight is 276 g/mol. The van der Waals surface area contributed by atoms with E-state index in [9.17, 15) is 4.79 Å². The Morgan fingerprint density at radius 3 is 3.15 bits per heavy atom. The van der Waals surface area contributed by atoms with Crippen LogP contribution in [0.15, 0.2) is 24.5 Å². The van der Waals surface area contributed by atoms with Crippen LogP contribution >= 0.6 is 0 Å². The van der Waals surface area contributed by atoms with Gasteiger partial charge >= 0.3 is 6.03 Å². The molecule has 0 aliphatic carbocycles. The number of carbonyl (C=O) groups excluding carboxylic acids is 1. The molecule has 1 aromatic rings. The molecule has 0 aromatic carbocycles. The number of piperidine rings is 1. The molecule has 0 bridgehead atoms. The summed E-state index contributed by atoms with van der Waals surface area (Å²) in [6.45, 7) is 6.75. The zero-order valence-electron chi connectivity index (χ0n) is 12.1. The van der Waals surface area contributed by atoms with Crippen LogP contribution in [0.5, 0.6) is 0 Å². The van der Waals surface area contributed by atoms with Crippen molar-refractivity contribution in [2.24, 2.45) is 5.92 Å². The summed E-state index contributed by atoms with van der Waals surface area (Å²) in [5, 5.41) is 5.74. The molecule has 1 aliphatic rings. The van der Waals surface area contributed by atoms with Crippen molar-refractivity contribution in [2.75, 3.05) is 26.2 Å². The van der Waals surface area contributed by atoms with Crippen LogP contribution in [0.4, 0.5) is 4.79 Å². The molecule has 1 atom stereocenters. The number of urea groups is 1. The Morgan fingerprint density at radius 2 is 2.40 bits per heavy atom. The minimum Gasteiger partial charge on any atom is -0.337 e. The molecule has 1 saturated heterocycles. The number of nitrogens with one attached hydrogen (secondary N) is 2. The third-order valence-corrected chi connectivity index (χ3v) is 3.63. The lowest BCUT2D eigenvalue weighted by atomic mass is 10.0. The van der Waals surface area contributed by atoms with Crippen molar-refractivity contribution >= 4 is 6.03 Å². The number of nitrogens with zero attached hydrogens (tertiary/aromatic N) is 2. The summed E-state index contributed by atoms with van der Waals surface area (Å²) in [6.07, 6.45) is 6.09. The van der Waals surface area contributed by atoms with Gasteiger partial charge in [0.05, 0.1) is 0 Å². The molecule has 2 N–H and O–H groups in total. The van der Waals surface area contributed by atoms with E-state index < -0.39 is 0 Å². The Bertz CT molecular complexity index is 410. The lowest BCUT2D eigenvalue weighted by molar-refractivity contribution is 0.184. The maximum Gasteiger partial charge on any atom is 0.315 e. The van der Waals surface area contributed by atoms with Gasteiger partial charge in [0.2, 0.25) is 0 Å². The summed E-state index contributed by atoms with van der Waals surface area (Å²) >= 11 is 0. The molecule has 1 aliphatic heterocycles. The Kier molecular flexibility index (Phi) is 5.80. The summed E-state index contributed by atoms with van der Waals surface area (Å²) in [6, 6.07) is 3.70. The molecule has 1 fully saturated rings. The standard InChI is InChI=1S/C15H24N4O/c1-13-4-3-8-19(12-13)9-7-17-15(20)18-11-14-5-2-6-16-10-14/h2,5-6,10,13H,3-4,7-9,11-12H2,1H3,(H2,17,18,20). The first-order valence-corrected chi connectivity index (χ1v) is 7.37. The van der Waals surface area contributed by atoms with Gasteiger partial charge in [-0.05, 0) is 36.9 Å². The van der Waals surface area contributed by atoms with Crippen molar-refractivity contribution in [1.82, 2.24) is 20.5 Å². The minimum absolute atomic E-state index is 0.112. The number of likely N-dealkylation sites (tertiary alicyclic amines) is 1. The van der Waals surface area contributed by atoms with Crippen LogP contribution in [0.25, 0.3) is 0 Å². The first-order chi connectivity index (χ1) is 9.74.